The molecule has 0 saturated carbocycles. The van der Waals surface area contributed by atoms with Crippen molar-refractivity contribution >= 4 is 0 Å². The number of pyridine rings is 1. The van der Waals surface area contributed by atoms with E-state index >= 15 is 0 Å². The Bertz CT molecular complexity index is 474. The van der Waals surface area contributed by atoms with Crippen molar-refractivity contribution < 1.29 is 9.47 Å². The molecule has 1 heterocycles. The molecule has 118 valence electrons. The number of nitrogens with zero attached hydrogens (tertiary/aromatic N) is 1. The molecule has 1 rings (SSSR count). The van der Waals surface area contributed by atoms with E-state index in [-0.39, 0.29) is 5.41 Å². The summed E-state index contributed by atoms with van der Waals surface area (Å²) in [6.45, 7) is 12.6. The van der Waals surface area contributed by atoms with Gasteiger partial charge in [0.1, 0.15) is 5.75 Å². The molecule has 0 aromatic carbocycles. The molecule has 4 heteroatoms. The zero-order chi connectivity index (χ0) is 15.9. The second-order valence-electron chi connectivity index (χ2n) is 5.75. The fraction of sp³-hybridized carbons (Fsp3) is 0.588. The highest BCUT2D eigenvalue weighted by Crippen LogP contribution is 2.29. The molecule has 1 aromatic heterocycles. The Morgan fingerprint density at radius 2 is 2.10 bits per heavy atom. The normalized spacial score (nSPS) is 13.8. The molecular formula is C17H28N2O2. The molecule has 1 unspecified atom stereocenters. The van der Waals surface area contributed by atoms with Gasteiger partial charge in [0.05, 0.1) is 13.7 Å². The van der Waals surface area contributed by atoms with Crippen LogP contribution >= 0.6 is 0 Å². The van der Waals surface area contributed by atoms with Crippen molar-refractivity contribution in [1.29, 1.82) is 0 Å². The van der Waals surface area contributed by atoms with Crippen molar-refractivity contribution in [1.82, 2.24) is 10.3 Å². The average molecular weight is 292 g/mol. The van der Waals surface area contributed by atoms with Gasteiger partial charge in [-0.3, -0.25) is 4.98 Å². The van der Waals surface area contributed by atoms with Gasteiger partial charge in [0.2, 0.25) is 0 Å². The SMILES string of the molecule is C=CC(C)(CNCCOC)Cc1ncc(C)c(OC)c1C. The van der Waals surface area contributed by atoms with Crippen LogP contribution in [0.4, 0.5) is 0 Å². The molecule has 0 fully saturated rings. The average Bonchev–Trinajstić information content (AvgIpc) is 2.47. The molecular weight excluding hydrogens is 264 g/mol. The molecule has 0 radical (unpaired) electrons. The maximum atomic E-state index is 5.48. The predicted molar refractivity (Wildman–Crippen MR) is 87.0 cm³/mol. The first kappa shape index (κ1) is 17.7. The number of aromatic nitrogens is 1. The maximum absolute atomic E-state index is 5.48. The van der Waals surface area contributed by atoms with Crippen LogP contribution in [0.5, 0.6) is 5.75 Å². The minimum atomic E-state index is -0.0498. The summed E-state index contributed by atoms with van der Waals surface area (Å²) < 4.78 is 10.5. The molecule has 0 spiro atoms. The fourth-order valence-corrected chi connectivity index (χ4v) is 2.39. The van der Waals surface area contributed by atoms with E-state index in [1.807, 2.05) is 19.2 Å². The van der Waals surface area contributed by atoms with E-state index in [0.717, 1.165) is 42.1 Å². The third-order valence-electron chi connectivity index (χ3n) is 3.83. The topological polar surface area (TPSA) is 43.4 Å². The Kier molecular flexibility index (Phi) is 6.85. The number of aryl methyl sites for hydroxylation is 1. The number of methoxy groups -OCH3 is 2. The Hall–Kier alpha value is -1.39. The smallest absolute Gasteiger partial charge is 0.128 e. The largest absolute Gasteiger partial charge is 0.496 e. The molecule has 1 N–H and O–H groups in total. The third kappa shape index (κ3) is 4.83. The number of rotatable bonds is 9. The van der Waals surface area contributed by atoms with Gasteiger partial charge in [0.25, 0.3) is 0 Å². The molecule has 0 aliphatic carbocycles. The quantitative estimate of drug-likeness (QED) is 0.561. The monoisotopic (exact) mass is 292 g/mol. The van der Waals surface area contributed by atoms with Crippen molar-refractivity contribution in [2.45, 2.75) is 27.2 Å². The lowest BCUT2D eigenvalue weighted by Gasteiger charge is -2.27. The van der Waals surface area contributed by atoms with Crippen molar-refractivity contribution in [3.05, 3.63) is 35.7 Å². The van der Waals surface area contributed by atoms with Gasteiger partial charge in [-0.05, 0) is 13.8 Å². The lowest BCUT2D eigenvalue weighted by atomic mass is 9.84. The predicted octanol–water partition coefficient (Wildman–Crippen LogP) is 2.68. The summed E-state index contributed by atoms with van der Waals surface area (Å²) in [7, 11) is 3.42. The van der Waals surface area contributed by atoms with Gasteiger partial charge < -0.3 is 14.8 Å². The first-order valence-corrected chi connectivity index (χ1v) is 7.29. The molecule has 0 aliphatic rings. The molecule has 0 saturated heterocycles. The maximum Gasteiger partial charge on any atom is 0.128 e. The number of hydrogen-bond donors (Lipinski definition) is 1. The van der Waals surface area contributed by atoms with Crippen molar-refractivity contribution in [2.24, 2.45) is 5.41 Å². The van der Waals surface area contributed by atoms with E-state index < -0.39 is 0 Å². The summed E-state index contributed by atoms with van der Waals surface area (Å²) in [5.74, 6) is 0.929. The molecule has 21 heavy (non-hydrogen) atoms. The van der Waals surface area contributed by atoms with E-state index in [1.54, 1.807) is 14.2 Å². The fourth-order valence-electron chi connectivity index (χ4n) is 2.39. The highest BCUT2D eigenvalue weighted by Gasteiger charge is 2.23. The minimum Gasteiger partial charge on any atom is -0.496 e. The highest BCUT2D eigenvalue weighted by molar-refractivity contribution is 5.41. The molecule has 0 amide bonds. The third-order valence-corrected chi connectivity index (χ3v) is 3.83. The van der Waals surface area contributed by atoms with Crippen LogP contribution in [0.25, 0.3) is 0 Å². The molecule has 0 bridgehead atoms. The summed E-state index contributed by atoms with van der Waals surface area (Å²) in [4.78, 5) is 4.58. The Morgan fingerprint density at radius 3 is 2.67 bits per heavy atom. The Morgan fingerprint density at radius 1 is 1.38 bits per heavy atom. The summed E-state index contributed by atoms with van der Waals surface area (Å²) in [6.07, 6.45) is 4.71. The van der Waals surface area contributed by atoms with Crippen LogP contribution in [0.3, 0.4) is 0 Å². The second kappa shape index (κ2) is 8.15. The van der Waals surface area contributed by atoms with Gasteiger partial charge in [-0.1, -0.05) is 13.0 Å². The first-order chi connectivity index (χ1) is 9.97. The van der Waals surface area contributed by atoms with Gasteiger partial charge in [-0.25, -0.2) is 0 Å². The van der Waals surface area contributed by atoms with Crippen molar-refractivity contribution in [3.8, 4) is 5.75 Å². The van der Waals surface area contributed by atoms with E-state index in [0.29, 0.717) is 6.61 Å². The van der Waals surface area contributed by atoms with Gasteiger partial charge in [-0.2, -0.15) is 0 Å². The van der Waals surface area contributed by atoms with E-state index in [1.165, 1.54) is 0 Å². The van der Waals surface area contributed by atoms with Gasteiger partial charge in [0, 0.05) is 55.1 Å². The zero-order valence-electron chi connectivity index (χ0n) is 14.0. The first-order valence-electron chi connectivity index (χ1n) is 7.29. The van der Waals surface area contributed by atoms with Crippen LogP contribution < -0.4 is 10.1 Å². The van der Waals surface area contributed by atoms with Crippen LogP contribution in [-0.4, -0.2) is 38.9 Å². The molecule has 0 aliphatic heterocycles. The van der Waals surface area contributed by atoms with Crippen LogP contribution in [-0.2, 0) is 11.2 Å². The second-order valence-corrected chi connectivity index (χ2v) is 5.75. The summed E-state index contributed by atoms with van der Waals surface area (Å²) in [5, 5.41) is 3.40. The highest BCUT2D eigenvalue weighted by atomic mass is 16.5. The van der Waals surface area contributed by atoms with Crippen molar-refractivity contribution in [2.75, 3.05) is 33.9 Å². The van der Waals surface area contributed by atoms with Gasteiger partial charge in [0.15, 0.2) is 0 Å². The van der Waals surface area contributed by atoms with Crippen LogP contribution in [0, 0.1) is 19.3 Å². The summed E-state index contributed by atoms with van der Waals surface area (Å²) in [5.41, 5.74) is 3.19. The summed E-state index contributed by atoms with van der Waals surface area (Å²) >= 11 is 0. The van der Waals surface area contributed by atoms with E-state index in [4.69, 9.17) is 9.47 Å². The minimum absolute atomic E-state index is 0.0498. The van der Waals surface area contributed by atoms with Crippen LogP contribution in [0.2, 0.25) is 0 Å². The lowest BCUT2D eigenvalue weighted by Crippen LogP contribution is -2.34. The molecule has 4 nitrogen and oxygen atoms in total. The number of nitrogens with one attached hydrogen (secondary N) is 1. The Labute approximate surface area is 128 Å². The van der Waals surface area contributed by atoms with Crippen LogP contribution in [0.1, 0.15) is 23.7 Å². The van der Waals surface area contributed by atoms with Crippen molar-refractivity contribution in [3.63, 3.8) is 0 Å². The number of hydrogen-bond acceptors (Lipinski definition) is 4. The summed E-state index contributed by atoms with van der Waals surface area (Å²) in [6, 6.07) is 0. The molecule has 1 aromatic rings. The van der Waals surface area contributed by atoms with E-state index in [2.05, 4.69) is 30.7 Å². The standard InChI is InChI=1S/C17H28N2O2/c1-7-17(4,12-18-8-9-20-5)10-15-14(3)16(21-6)13(2)11-19-15/h7,11,18H,1,8-10,12H2,2-6H3. The van der Waals surface area contributed by atoms with Crippen LogP contribution in [0.15, 0.2) is 18.9 Å². The van der Waals surface area contributed by atoms with Gasteiger partial charge in [-0.15, -0.1) is 6.58 Å². The zero-order valence-corrected chi connectivity index (χ0v) is 14.0. The number of ether oxygens (including phenoxy) is 2. The lowest BCUT2D eigenvalue weighted by molar-refractivity contribution is 0.195. The van der Waals surface area contributed by atoms with Gasteiger partial charge >= 0.3 is 0 Å². The molecule has 1 atom stereocenters. The van der Waals surface area contributed by atoms with E-state index in [9.17, 15) is 0 Å². The Balaban J connectivity index is 2.83.